The summed E-state index contributed by atoms with van der Waals surface area (Å²) in [7, 11) is 1.77. The quantitative estimate of drug-likeness (QED) is 0.691. The highest BCUT2D eigenvalue weighted by molar-refractivity contribution is 5.86. The van der Waals surface area contributed by atoms with Gasteiger partial charge >= 0.3 is 0 Å². The Morgan fingerprint density at radius 3 is 2.44 bits per heavy atom. The Labute approximate surface area is 94.7 Å². The molecule has 0 aliphatic heterocycles. The minimum atomic E-state index is -0.841. The van der Waals surface area contributed by atoms with Crippen molar-refractivity contribution < 1.29 is 4.79 Å². The second kappa shape index (κ2) is 4.34. The van der Waals surface area contributed by atoms with Gasteiger partial charge in [0, 0.05) is 13.1 Å². The highest BCUT2D eigenvalue weighted by atomic mass is 16.1. The molecular weight excluding hydrogens is 206 g/mol. The summed E-state index contributed by atoms with van der Waals surface area (Å²) in [6.45, 7) is 5.18. The zero-order valence-electron chi connectivity index (χ0n) is 9.96. The number of amides is 1. The number of hydrogen-bond acceptors (Lipinski definition) is 5. The first-order valence-corrected chi connectivity index (χ1v) is 4.96. The van der Waals surface area contributed by atoms with E-state index in [9.17, 15) is 4.79 Å². The monoisotopic (exact) mass is 223 g/mol. The highest BCUT2D eigenvalue weighted by Crippen LogP contribution is 2.15. The van der Waals surface area contributed by atoms with Crippen LogP contribution in [0.4, 0.5) is 11.6 Å². The number of aromatic nitrogens is 2. The number of rotatable bonds is 4. The van der Waals surface area contributed by atoms with Crippen LogP contribution in [-0.2, 0) is 4.79 Å². The average Bonchev–Trinajstić information content (AvgIpc) is 2.15. The minimum Gasteiger partial charge on any atom is -0.373 e. The molecule has 0 fully saturated rings. The Hall–Kier alpha value is -1.85. The number of aryl methyl sites for hydroxylation is 1. The van der Waals surface area contributed by atoms with Gasteiger partial charge in [-0.1, -0.05) is 0 Å². The van der Waals surface area contributed by atoms with Crippen LogP contribution in [0.3, 0.4) is 0 Å². The number of nitrogens with one attached hydrogen (secondary N) is 2. The molecule has 1 aromatic heterocycles. The predicted octanol–water partition coefficient (Wildman–Crippen LogP) is 0.503. The number of nitrogens with two attached hydrogens (primary N) is 1. The Balaban J connectivity index is 2.97. The van der Waals surface area contributed by atoms with Crippen LogP contribution in [0.2, 0.25) is 0 Å². The highest BCUT2D eigenvalue weighted by Gasteiger charge is 2.25. The van der Waals surface area contributed by atoms with Crippen molar-refractivity contribution in [2.24, 2.45) is 5.73 Å². The topological polar surface area (TPSA) is 92.9 Å². The van der Waals surface area contributed by atoms with Crippen LogP contribution in [0.1, 0.15) is 19.7 Å². The van der Waals surface area contributed by atoms with Crippen LogP contribution in [-0.4, -0.2) is 28.5 Å². The summed E-state index contributed by atoms with van der Waals surface area (Å²) in [5.41, 5.74) is 4.42. The third-order valence-electron chi connectivity index (χ3n) is 2.15. The number of hydrogen-bond donors (Lipinski definition) is 3. The third kappa shape index (κ3) is 2.82. The second-order valence-corrected chi connectivity index (χ2v) is 4.05. The summed E-state index contributed by atoms with van der Waals surface area (Å²) in [6, 6.07) is 1.72. The summed E-state index contributed by atoms with van der Waals surface area (Å²) < 4.78 is 0. The number of carbonyl (C=O) groups is 1. The van der Waals surface area contributed by atoms with Crippen molar-refractivity contribution in [1.29, 1.82) is 0 Å². The minimum absolute atomic E-state index is 0.435. The molecule has 0 atom stereocenters. The Morgan fingerprint density at radius 1 is 1.38 bits per heavy atom. The van der Waals surface area contributed by atoms with E-state index in [1.165, 1.54) is 0 Å². The normalized spacial score (nSPS) is 11.0. The molecule has 1 aromatic rings. The Kier molecular flexibility index (Phi) is 3.31. The first kappa shape index (κ1) is 12.2. The Bertz CT molecular complexity index is 402. The molecule has 0 radical (unpaired) electrons. The molecule has 0 aliphatic rings. The molecule has 16 heavy (non-hydrogen) atoms. The van der Waals surface area contributed by atoms with E-state index in [1.54, 1.807) is 33.9 Å². The number of anilines is 2. The summed E-state index contributed by atoms with van der Waals surface area (Å²) in [5.74, 6) is 1.44. The average molecular weight is 223 g/mol. The lowest BCUT2D eigenvalue weighted by atomic mass is 10.1. The van der Waals surface area contributed by atoms with Gasteiger partial charge in [0.1, 0.15) is 23.0 Å². The lowest BCUT2D eigenvalue weighted by Crippen LogP contribution is -2.45. The van der Waals surface area contributed by atoms with E-state index < -0.39 is 11.4 Å². The molecule has 1 rings (SSSR count). The van der Waals surface area contributed by atoms with Crippen molar-refractivity contribution in [1.82, 2.24) is 9.97 Å². The number of nitrogens with zero attached hydrogens (tertiary/aromatic N) is 2. The second-order valence-electron chi connectivity index (χ2n) is 4.05. The molecule has 6 nitrogen and oxygen atoms in total. The summed E-state index contributed by atoms with van der Waals surface area (Å²) in [5, 5.41) is 5.88. The molecule has 1 heterocycles. The molecule has 0 unspecified atom stereocenters. The standard InChI is InChI=1S/C10H17N5O/c1-6-13-7(12-4)5-8(14-6)15-10(2,3)9(11)16/h5H,1-4H3,(H2,11,16)(H2,12,13,14,15). The van der Waals surface area contributed by atoms with Gasteiger partial charge in [-0.25, -0.2) is 9.97 Å². The largest absolute Gasteiger partial charge is 0.373 e. The van der Waals surface area contributed by atoms with Gasteiger partial charge in [-0.3, -0.25) is 4.79 Å². The van der Waals surface area contributed by atoms with E-state index in [2.05, 4.69) is 20.6 Å². The smallest absolute Gasteiger partial charge is 0.242 e. The molecule has 6 heteroatoms. The maximum atomic E-state index is 11.2. The predicted molar refractivity (Wildman–Crippen MR) is 63.2 cm³/mol. The molecule has 0 spiro atoms. The maximum absolute atomic E-state index is 11.2. The molecule has 0 saturated carbocycles. The van der Waals surface area contributed by atoms with Gasteiger partial charge in [-0.05, 0) is 20.8 Å². The first-order valence-electron chi connectivity index (χ1n) is 4.96. The van der Waals surface area contributed by atoms with Crippen molar-refractivity contribution >= 4 is 17.5 Å². The van der Waals surface area contributed by atoms with E-state index in [4.69, 9.17) is 5.73 Å². The fourth-order valence-corrected chi connectivity index (χ4v) is 1.14. The third-order valence-corrected chi connectivity index (χ3v) is 2.15. The van der Waals surface area contributed by atoms with Gasteiger partial charge in [0.15, 0.2) is 0 Å². The van der Waals surface area contributed by atoms with Gasteiger partial charge in [0.05, 0.1) is 0 Å². The van der Waals surface area contributed by atoms with Gasteiger partial charge < -0.3 is 16.4 Å². The van der Waals surface area contributed by atoms with Crippen LogP contribution in [0, 0.1) is 6.92 Å². The van der Waals surface area contributed by atoms with E-state index in [0.717, 1.165) is 0 Å². The van der Waals surface area contributed by atoms with E-state index in [-0.39, 0.29) is 0 Å². The van der Waals surface area contributed by atoms with Gasteiger partial charge in [0.25, 0.3) is 0 Å². The van der Waals surface area contributed by atoms with E-state index in [0.29, 0.717) is 17.5 Å². The molecule has 4 N–H and O–H groups in total. The molecule has 0 aliphatic carbocycles. The van der Waals surface area contributed by atoms with Crippen molar-refractivity contribution in [3.63, 3.8) is 0 Å². The number of carbonyl (C=O) groups excluding carboxylic acids is 1. The molecule has 88 valence electrons. The van der Waals surface area contributed by atoms with Gasteiger partial charge in [0.2, 0.25) is 5.91 Å². The van der Waals surface area contributed by atoms with Crippen LogP contribution in [0.25, 0.3) is 0 Å². The zero-order valence-corrected chi connectivity index (χ0v) is 9.96. The zero-order chi connectivity index (χ0) is 12.3. The Morgan fingerprint density at radius 2 is 1.94 bits per heavy atom. The lowest BCUT2D eigenvalue weighted by molar-refractivity contribution is -0.121. The maximum Gasteiger partial charge on any atom is 0.242 e. The summed E-state index contributed by atoms with van der Waals surface area (Å²) in [6.07, 6.45) is 0. The first-order chi connectivity index (χ1) is 7.35. The fourth-order valence-electron chi connectivity index (χ4n) is 1.14. The van der Waals surface area contributed by atoms with Crippen LogP contribution < -0.4 is 16.4 Å². The summed E-state index contributed by atoms with van der Waals surface area (Å²) >= 11 is 0. The SMILES string of the molecule is CNc1cc(NC(C)(C)C(N)=O)nc(C)n1. The number of primary amides is 1. The van der Waals surface area contributed by atoms with Crippen molar-refractivity contribution in [3.05, 3.63) is 11.9 Å². The molecular formula is C10H17N5O. The van der Waals surface area contributed by atoms with Crippen LogP contribution in [0.5, 0.6) is 0 Å². The molecule has 1 amide bonds. The van der Waals surface area contributed by atoms with Gasteiger partial charge in [-0.2, -0.15) is 0 Å². The van der Waals surface area contributed by atoms with Crippen molar-refractivity contribution in [2.75, 3.05) is 17.7 Å². The van der Waals surface area contributed by atoms with E-state index >= 15 is 0 Å². The van der Waals surface area contributed by atoms with Crippen molar-refractivity contribution in [3.8, 4) is 0 Å². The van der Waals surface area contributed by atoms with Crippen molar-refractivity contribution in [2.45, 2.75) is 26.3 Å². The fraction of sp³-hybridized carbons (Fsp3) is 0.500. The lowest BCUT2D eigenvalue weighted by Gasteiger charge is -2.23. The van der Waals surface area contributed by atoms with E-state index in [1.807, 2.05) is 0 Å². The molecule has 0 saturated heterocycles. The van der Waals surface area contributed by atoms with Crippen LogP contribution in [0.15, 0.2) is 6.07 Å². The molecule has 0 aromatic carbocycles. The van der Waals surface area contributed by atoms with Crippen LogP contribution >= 0.6 is 0 Å². The summed E-state index contributed by atoms with van der Waals surface area (Å²) in [4.78, 5) is 19.5. The van der Waals surface area contributed by atoms with Gasteiger partial charge in [-0.15, -0.1) is 0 Å². The molecule has 0 bridgehead atoms.